The van der Waals surface area contributed by atoms with E-state index in [0.717, 1.165) is 5.56 Å². The van der Waals surface area contributed by atoms with Crippen LogP contribution in [-0.2, 0) is 16.0 Å². The van der Waals surface area contributed by atoms with Gasteiger partial charge in [-0.05, 0) is 12.0 Å². The number of ether oxygens (including phenoxy) is 1. The first-order valence-corrected chi connectivity index (χ1v) is 4.31. The number of hydrogen-bond acceptors (Lipinski definition) is 3. The molecule has 0 aromatic heterocycles. The number of esters is 1. The zero-order chi connectivity index (χ0) is 10.6. The summed E-state index contributed by atoms with van der Waals surface area (Å²) in [5.41, 5.74) is 7.19. The van der Waals surface area contributed by atoms with Crippen LogP contribution in [0.15, 0.2) is 24.3 Å². The Morgan fingerprint density at radius 1 is 1.64 bits per heavy atom. The molecule has 0 amide bonds. The predicted molar refractivity (Wildman–Crippen MR) is 55.5 cm³/mol. The molecule has 0 aliphatic rings. The van der Waals surface area contributed by atoms with Gasteiger partial charge in [0, 0.05) is 0 Å². The number of benzene rings is 1. The molecule has 72 valence electrons. The first-order chi connectivity index (χ1) is 6.63. The molecule has 1 atom stereocenters. The maximum Gasteiger partial charge on any atom is 0.322 e. The zero-order valence-electron chi connectivity index (χ0n) is 8.07. The Hall–Kier alpha value is -1.29. The van der Waals surface area contributed by atoms with E-state index in [9.17, 15) is 4.79 Å². The molecule has 0 aliphatic carbocycles. The third kappa shape index (κ3) is 2.89. The molecule has 2 N–H and O–H groups in total. The summed E-state index contributed by atoms with van der Waals surface area (Å²) >= 11 is 0. The Labute approximate surface area is 84.7 Å². The van der Waals surface area contributed by atoms with Crippen molar-refractivity contribution >= 4 is 19.3 Å². The summed E-state index contributed by atoms with van der Waals surface area (Å²) in [5.74, 6) is -0.410. The van der Waals surface area contributed by atoms with Crippen molar-refractivity contribution in [3.05, 3.63) is 29.8 Å². The second-order valence-electron chi connectivity index (χ2n) is 3.08. The summed E-state index contributed by atoms with van der Waals surface area (Å²) < 4.78 is 4.52. The smallest absolute Gasteiger partial charge is 0.322 e. The van der Waals surface area contributed by atoms with Crippen molar-refractivity contribution in [2.45, 2.75) is 12.5 Å². The van der Waals surface area contributed by atoms with Gasteiger partial charge >= 0.3 is 5.97 Å². The van der Waals surface area contributed by atoms with E-state index in [-0.39, 0.29) is 0 Å². The lowest BCUT2D eigenvalue weighted by atomic mass is 9.93. The molecule has 1 aromatic carbocycles. The number of rotatable bonds is 3. The number of carbonyl (C=O) groups excluding carboxylic acids is 1. The molecule has 0 spiro atoms. The molecule has 2 radical (unpaired) electrons. The highest BCUT2D eigenvalue weighted by molar-refractivity contribution is 6.32. The van der Waals surface area contributed by atoms with Crippen LogP contribution in [0.2, 0.25) is 0 Å². The standard InChI is InChI=1S/C10H12BNO2/c1-14-10(13)9(12)6-7-3-2-4-8(11)5-7/h2-5,9H,6,12H2,1H3/t9-/m0/s1. The molecule has 0 bridgehead atoms. The van der Waals surface area contributed by atoms with Gasteiger partial charge in [0.25, 0.3) is 0 Å². The van der Waals surface area contributed by atoms with Crippen LogP contribution in [0, 0.1) is 0 Å². The Balaban J connectivity index is 2.64. The SMILES string of the molecule is [B]c1cccc(C[C@H](N)C(=O)OC)c1. The van der Waals surface area contributed by atoms with Gasteiger partial charge < -0.3 is 10.5 Å². The fourth-order valence-corrected chi connectivity index (χ4v) is 1.21. The van der Waals surface area contributed by atoms with E-state index in [4.69, 9.17) is 13.6 Å². The van der Waals surface area contributed by atoms with Crippen molar-refractivity contribution in [2.75, 3.05) is 7.11 Å². The highest BCUT2D eigenvalue weighted by atomic mass is 16.5. The minimum Gasteiger partial charge on any atom is -0.468 e. The van der Waals surface area contributed by atoms with Crippen LogP contribution in [-0.4, -0.2) is 27.0 Å². The molecule has 0 unspecified atom stereocenters. The largest absolute Gasteiger partial charge is 0.468 e. The fourth-order valence-electron chi connectivity index (χ4n) is 1.21. The van der Waals surface area contributed by atoms with Crippen LogP contribution < -0.4 is 11.2 Å². The van der Waals surface area contributed by atoms with E-state index in [1.165, 1.54) is 7.11 Å². The lowest BCUT2D eigenvalue weighted by molar-refractivity contribution is -0.142. The second-order valence-corrected chi connectivity index (χ2v) is 3.08. The van der Waals surface area contributed by atoms with E-state index < -0.39 is 12.0 Å². The summed E-state index contributed by atoms with van der Waals surface area (Å²) in [6, 6.07) is 6.66. The van der Waals surface area contributed by atoms with Gasteiger partial charge in [0.1, 0.15) is 13.9 Å². The van der Waals surface area contributed by atoms with Gasteiger partial charge in [-0.3, -0.25) is 4.79 Å². The van der Waals surface area contributed by atoms with Gasteiger partial charge in [-0.15, -0.1) is 0 Å². The van der Waals surface area contributed by atoms with Gasteiger partial charge in [-0.2, -0.15) is 0 Å². The lowest BCUT2D eigenvalue weighted by Crippen LogP contribution is -2.33. The quantitative estimate of drug-likeness (QED) is 0.516. The molecular formula is C10H12BNO2. The van der Waals surface area contributed by atoms with Crippen LogP contribution in [0.3, 0.4) is 0 Å². The molecule has 1 aromatic rings. The average Bonchev–Trinajstić information content (AvgIpc) is 2.16. The Bertz CT molecular complexity index is 328. The number of carbonyl (C=O) groups is 1. The molecule has 14 heavy (non-hydrogen) atoms. The van der Waals surface area contributed by atoms with Gasteiger partial charge in [0.05, 0.1) is 7.11 Å². The summed E-state index contributed by atoms with van der Waals surface area (Å²) in [6.07, 6.45) is 0.442. The Kier molecular flexibility index (Phi) is 3.71. The molecule has 0 fully saturated rings. The normalized spacial score (nSPS) is 12.1. The van der Waals surface area contributed by atoms with Gasteiger partial charge in [-0.1, -0.05) is 29.7 Å². The van der Waals surface area contributed by atoms with Crippen molar-refractivity contribution in [1.82, 2.24) is 0 Å². The minimum atomic E-state index is -0.623. The van der Waals surface area contributed by atoms with Crippen molar-refractivity contribution in [3.8, 4) is 0 Å². The van der Waals surface area contributed by atoms with Crippen LogP contribution in [0.1, 0.15) is 5.56 Å². The highest BCUT2D eigenvalue weighted by Crippen LogP contribution is 2.01. The topological polar surface area (TPSA) is 52.3 Å². The van der Waals surface area contributed by atoms with Gasteiger partial charge in [0.15, 0.2) is 0 Å². The molecule has 0 heterocycles. The first-order valence-electron chi connectivity index (χ1n) is 4.31. The third-order valence-corrected chi connectivity index (χ3v) is 1.91. The summed E-state index contributed by atoms with van der Waals surface area (Å²) in [6.45, 7) is 0. The van der Waals surface area contributed by atoms with E-state index in [1.54, 1.807) is 12.1 Å². The molecular weight excluding hydrogens is 177 g/mol. The molecule has 3 nitrogen and oxygen atoms in total. The molecule has 0 saturated heterocycles. The highest BCUT2D eigenvalue weighted by Gasteiger charge is 2.13. The summed E-state index contributed by atoms with van der Waals surface area (Å²) in [5, 5.41) is 0. The van der Waals surface area contributed by atoms with Crippen molar-refractivity contribution in [3.63, 3.8) is 0 Å². The predicted octanol–water partition coefficient (Wildman–Crippen LogP) is -0.477. The van der Waals surface area contributed by atoms with E-state index in [2.05, 4.69) is 4.74 Å². The van der Waals surface area contributed by atoms with Crippen LogP contribution >= 0.6 is 0 Å². The Morgan fingerprint density at radius 2 is 2.36 bits per heavy atom. The van der Waals surface area contributed by atoms with Gasteiger partial charge in [-0.25, -0.2) is 0 Å². The molecule has 4 heteroatoms. The minimum absolute atomic E-state index is 0.410. The second kappa shape index (κ2) is 4.81. The number of nitrogens with two attached hydrogens (primary N) is 1. The van der Waals surface area contributed by atoms with Crippen LogP contribution in [0.5, 0.6) is 0 Å². The molecule has 0 saturated carbocycles. The van der Waals surface area contributed by atoms with Gasteiger partial charge in [0.2, 0.25) is 0 Å². The van der Waals surface area contributed by atoms with Crippen molar-refractivity contribution in [2.24, 2.45) is 5.73 Å². The zero-order valence-corrected chi connectivity index (χ0v) is 8.07. The monoisotopic (exact) mass is 189 g/mol. The average molecular weight is 189 g/mol. The van der Waals surface area contributed by atoms with Crippen LogP contribution in [0.4, 0.5) is 0 Å². The fraction of sp³-hybridized carbons (Fsp3) is 0.300. The third-order valence-electron chi connectivity index (χ3n) is 1.91. The molecule has 1 rings (SSSR count). The van der Waals surface area contributed by atoms with Crippen molar-refractivity contribution in [1.29, 1.82) is 0 Å². The summed E-state index contributed by atoms with van der Waals surface area (Å²) in [4.78, 5) is 11.0. The number of methoxy groups -OCH3 is 1. The number of hydrogen-bond donors (Lipinski definition) is 1. The van der Waals surface area contributed by atoms with E-state index in [0.29, 0.717) is 11.9 Å². The maximum atomic E-state index is 11.0. The van der Waals surface area contributed by atoms with E-state index >= 15 is 0 Å². The first kappa shape index (κ1) is 10.8. The maximum absolute atomic E-state index is 11.0. The molecule has 0 aliphatic heterocycles. The van der Waals surface area contributed by atoms with E-state index in [1.807, 2.05) is 12.1 Å². The summed E-state index contributed by atoms with van der Waals surface area (Å²) in [7, 11) is 6.91. The van der Waals surface area contributed by atoms with Crippen LogP contribution in [0.25, 0.3) is 0 Å². The van der Waals surface area contributed by atoms with Crippen molar-refractivity contribution < 1.29 is 9.53 Å². The lowest BCUT2D eigenvalue weighted by Gasteiger charge is -2.09. The Morgan fingerprint density at radius 3 is 2.93 bits per heavy atom.